The predicted molar refractivity (Wildman–Crippen MR) is 104 cm³/mol. The molecule has 5 rings (SSSR count). The van der Waals surface area contributed by atoms with E-state index in [9.17, 15) is 9.59 Å². The number of morpholine rings is 1. The summed E-state index contributed by atoms with van der Waals surface area (Å²) in [6.45, 7) is 3.15. The number of ether oxygens (including phenoxy) is 1. The average Bonchev–Trinajstić information content (AvgIpc) is 3.35. The monoisotopic (exact) mass is 388 g/mol. The van der Waals surface area contributed by atoms with Gasteiger partial charge in [-0.2, -0.15) is 0 Å². The molecule has 146 valence electrons. The van der Waals surface area contributed by atoms with Crippen molar-refractivity contribution in [2.45, 2.75) is 82.0 Å². The van der Waals surface area contributed by atoms with Crippen LogP contribution in [0.2, 0.25) is 0 Å². The van der Waals surface area contributed by atoms with Crippen molar-refractivity contribution >= 4 is 23.2 Å². The molecule has 1 atom stereocenters. The van der Waals surface area contributed by atoms with Crippen molar-refractivity contribution in [1.29, 1.82) is 0 Å². The molecule has 5 nitrogen and oxygen atoms in total. The third-order valence-electron chi connectivity index (χ3n) is 7.16. The van der Waals surface area contributed by atoms with Gasteiger partial charge in [-0.15, -0.1) is 11.3 Å². The molecule has 1 unspecified atom stereocenters. The van der Waals surface area contributed by atoms with Gasteiger partial charge in [-0.25, -0.2) is 0 Å². The van der Waals surface area contributed by atoms with Crippen molar-refractivity contribution in [2.24, 2.45) is 0 Å². The summed E-state index contributed by atoms with van der Waals surface area (Å²) < 4.78 is 6.14. The van der Waals surface area contributed by atoms with Crippen molar-refractivity contribution in [3.8, 4) is 0 Å². The van der Waals surface area contributed by atoms with Crippen LogP contribution >= 0.6 is 11.3 Å². The van der Waals surface area contributed by atoms with Crippen LogP contribution < -0.4 is 0 Å². The molecule has 6 heteroatoms. The standard InChI is InChI=1S/C21H28N2O3S/c1-14-9-18(27-12-14)20(25)22-11-17(26-13-21(22)7-2-8-21)10-19(24)23-15-3-4-16(23)6-5-15/h9,12,15-17H,2-8,10-11,13H2,1H3. The predicted octanol–water partition coefficient (Wildman–Crippen LogP) is 3.36. The van der Waals surface area contributed by atoms with E-state index >= 15 is 0 Å². The van der Waals surface area contributed by atoms with Gasteiger partial charge in [-0.05, 0) is 68.9 Å². The Morgan fingerprint density at radius 2 is 1.93 bits per heavy atom. The zero-order valence-electron chi connectivity index (χ0n) is 16.0. The number of nitrogens with zero attached hydrogens (tertiary/aromatic N) is 2. The van der Waals surface area contributed by atoms with Crippen LogP contribution in [0.15, 0.2) is 11.4 Å². The average molecular weight is 389 g/mol. The SMILES string of the molecule is Cc1csc(C(=O)N2CC(CC(=O)N3C4CCC3CC4)OCC23CCC3)c1. The van der Waals surface area contributed by atoms with E-state index < -0.39 is 0 Å². The third-order valence-corrected chi connectivity index (χ3v) is 8.20. The number of aryl methyl sites for hydroxylation is 1. The van der Waals surface area contributed by atoms with Crippen molar-refractivity contribution in [3.63, 3.8) is 0 Å². The molecule has 2 amide bonds. The van der Waals surface area contributed by atoms with Gasteiger partial charge >= 0.3 is 0 Å². The molecular weight excluding hydrogens is 360 g/mol. The van der Waals surface area contributed by atoms with Crippen molar-refractivity contribution < 1.29 is 14.3 Å². The molecule has 4 heterocycles. The number of carbonyl (C=O) groups is 2. The van der Waals surface area contributed by atoms with E-state index in [1.165, 1.54) is 11.3 Å². The normalized spacial score (nSPS) is 31.4. The van der Waals surface area contributed by atoms with E-state index in [0.717, 1.165) is 55.4 Å². The van der Waals surface area contributed by atoms with Gasteiger partial charge in [-0.1, -0.05) is 0 Å². The Labute approximate surface area is 164 Å². The Morgan fingerprint density at radius 1 is 1.22 bits per heavy atom. The summed E-state index contributed by atoms with van der Waals surface area (Å²) in [5.41, 5.74) is 0.997. The smallest absolute Gasteiger partial charge is 0.264 e. The van der Waals surface area contributed by atoms with E-state index in [4.69, 9.17) is 4.74 Å². The van der Waals surface area contributed by atoms with Crippen LogP contribution in [0, 0.1) is 6.92 Å². The summed E-state index contributed by atoms with van der Waals surface area (Å²) in [6.07, 6.45) is 8.06. The first-order valence-corrected chi connectivity index (χ1v) is 11.2. The zero-order valence-corrected chi connectivity index (χ0v) is 16.8. The number of hydrogen-bond acceptors (Lipinski definition) is 4. The molecule has 1 aliphatic carbocycles. The minimum atomic E-state index is -0.172. The second-order valence-electron chi connectivity index (χ2n) is 8.88. The number of rotatable bonds is 3. The number of thiophene rings is 1. The molecule has 2 bridgehead atoms. The summed E-state index contributed by atoms with van der Waals surface area (Å²) in [4.78, 5) is 31.1. The topological polar surface area (TPSA) is 49.9 Å². The number of fused-ring (bicyclic) bond motifs is 2. The molecule has 27 heavy (non-hydrogen) atoms. The van der Waals surface area contributed by atoms with Gasteiger partial charge in [0.15, 0.2) is 0 Å². The summed E-state index contributed by atoms with van der Waals surface area (Å²) >= 11 is 1.52. The van der Waals surface area contributed by atoms with E-state index in [1.807, 2.05) is 23.3 Å². The van der Waals surface area contributed by atoms with Gasteiger partial charge in [0.25, 0.3) is 5.91 Å². The first-order valence-electron chi connectivity index (χ1n) is 10.4. The Kier molecular flexibility index (Phi) is 4.32. The van der Waals surface area contributed by atoms with Crippen molar-refractivity contribution in [3.05, 3.63) is 21.9 Å². The van der Waals surface area contributed by atoms with Gasteiger partial charge in [0.2, 0.25) is 5.91 Å². The van der Waals surface area contributed by atoms with Gasteiger partial charge in [0, 0.05) is 18.6 Å². The molecule has 4 fully saturated rings. The van der Waals surface area contributed by atoms with Crippen LogP contribution in [-0.4, -0.2) is 58.5 Å². The minimum absolute atomic E-state index is 0.120. The van der Waals surface area contributed by atoms with E-state index in [2.05, 4.69) is 4.90 Å². The molecular formula is C21H28N2O3S. The van der Waals surface area contributed by atoms with Crippen molar-refractivity contribution in [1.82, 2.24) is 9.80 Å². The molecule has 3 aliphatic heterocycles. The lowest BCUT2D eigenvalue weighted by molar-refractivity contribution is -0.148. The van der Waals surface area contributed by atoms with Gasteiger partial charge in [0.05, 0.1) is 29.5 Å². The molecule has 1 aromatic heterocycles. The molecule has 0 radical (unpaired) electrons. The highest BCUT2D eigenvalue weighted by molar-refractivity contribution is 7.12. The first-order chi connectivity index (χ1) is 13.1. The van der Waals surface area contributed by atoms with Crippen LogP contribution in [-0.2, 0) is 9.53 Å². The molecule has 1 spiro atoms. The molecule has 4 aliphatic rings. The first kappa shape index (κ1) is 17.7. The molecule has 3 saturated heterocycles. The lowest BCUT2D eigenvalue weighted by Gasteiger charge is -2.54. The second kappa shape index (κ2) is 6.59. The Balaban J connectivity index is 1.30. The van der Waals surface area contributed by atoms with Gasteiger partial charge < -0.3 is 14.5 Å². The van der Waals surface area contributed by atoms with Crippen LogP contribution in [0.5, 0.6) is 0 Å². The number of carbonyl (C=O) groups excluding carboxylic acids is 2. The second-order valence-corrected chi connectivity index (χ2v) is 9.79. The highest BCUT2D eigenvalue weighted by Crippen LogP contribution is 2.43. The highest BCUT2D eigenvalue weighted by atomic mass is 32.1. The quantitative estimate of drug-likeness (QED) is 0.798. The fourth-order valence-electron chi connectivity index (χ4n) is 5.52. The fraction of sp³-hybridized carbons (Fsp3) is 0.714. The fourth-order valence-corrected chi connectivity index (χ4v) is 6.36. The lowest BCUT2D eigenvalue weighted by atomic mass is 9.74. The Bertz CT molecular complexity index is 736. The third kappa shape index (κ3) is 2.92. The van der Waals surface area contributed by atoms with Crippen LogP contribution in [0.4, 0.5) is 0 Å². The maximum Gasteiger partial charge on any atom is 0.264 e. The maximum atomic E-state index is 13.2. The summed E-state index contributed by atoms with van der Waals surface area (Å²) in [5.74, 6) is 0.351. The summed E-state index contributed by atoms with van der Waals surface area (Å²) in [7, 11) is 0. The Hall–Kier alpha value is -1.40. The van der Waals surface area contributed by atoms with E-state index in [0.29, 0.717) is 31.7 Å². The number of amides is 2. The largest absolute Gasteiger partial charge is 0.373 e. The van der Waals surface area contributed by atoms with Crippen LogP contribution in [0.25, 0.3) is 0 Å². The summed E-state index contributed by atoms with van der Waals surface area (Å²) in [6, 6.07) is 2.89. The van der Waals surface area contributed by atoms with Crippen molar-refractivity contribution in [2.75, 3.05) is 13.2 Å². The van der Waals surface area contributed by atoms with E-state index in [-0.39, 0.29) is 23.5 Å². The van der Waals surface area contributed by atoms with Gasteiger partial charge in [-0.3, -0.25) is 9.59 Å². The number of hydrogen-bond donors (Lipinski definition) is 0. The Morgan fingerprint density at radius 3 is 2.48 bits per heavy atom. The highest BCUT2D eigenvalue weighted by Gasteiger charge is 2.50. The molecule has 1 saturated carbocycles. The van der Waals surface area contributed by atoms with Crippen LogP contribution in [0.1, 0.15) is 66.6 Å². The van der Waals surface area contributed by atoms with E-state index in [1.54, 1.807) is 0 Å². The lowest BCUT2D eigenvalue weighted by Crippen LogP contribution is -2.65. The summed E-state index contributed by atoms with van der Waals surface area (Å²) in [5, 5.41) is 2.03. The molecule has 0 N–H and O–H groups in total. The molecule has 0 aromatic carbocycles. The van der Waals surface area contributed by atoms with Crippen LogP contribution in [0.3, 0.4) is 0 Å². The molecule has 1 aromatic rings. The van der Waals surface area contributed by atoms with Gasteiger partial charge in [0.1, 0.15) is 0 Å². The minimum Gasteiger partial charge on any atom is -0.373 e. The maximum absolute atomic E-state index is 13.2. The zero-order chi connectivity index (χ0) is 18.6.